The molecule has 17 heavy (non-hydrogen) atoms. The van der Waals surface area contributed by atoms with Crippen molar-refractivity contribution in [2.75, 3.05) is 14.1 Å². The molecule has 1 aromatic carbocycles. The number of aromatic nitrogens is 1. The standard InChI is InChI=1S/C14H18N2O.H2/c1-9(2)13-8-11-7-10(14(17)16(3)4)5-6-12(11)15-13;/h5-9,15H,1-4H3;1H. The summed E-state index contributed by atoms with van der Waals surface area (Å²) in [4.78, 5) is 16.8. The zero-order chi connectivity index (χ0) is 12.6. The number of hydrogen-bond donors (Lipinski definition) is 1. The van der Waals surface area contributed by atoms with Crippen LogP contribution < -0.4 is 0 Å². The van der Waals surface area contributed by atoms with Gasteiger partial charge in [-0.2, -0.15) is 0 Å². The van der Waals surface area contributed by atoms with Gasteiger partial charge in [0.2, 0.25) is 0 Å². The van der Waals surface area contributed by atoms with Gasteiger partial charge in [0.25, 0.3) is 5.91 Å². The fraction of sp³-hybridized carbons (Fsp3) is 0.357. The third kappa shape index (κ3) is 2.18. The molecule has 3 heteroatoms. The van der Waals surface area contributed by atoms with E-state index in [1.165, 1.54) is 5.69 Å². The highest BCUT2D eigenvalue weighted by atomic mass is 16.2. The van der Waals surface area contributed by atoms with E-state index in [2.05, 4.69) is 24.9 Å². The first-order valence-corrected chi connectivity index (χ1v) is 5.83. The van der Waals surface area contributed by atoms with E-state index in [1.807, 2.05) is 18.2 Å². The van der Waals surface area contributed by atoms with Gasteiger partial charge in [-0.25, -0.2) is 0 Å². The van der Waals surface area contributed by atoms with Crippen LogP contribution in [0.2, 0.25) is 0 Å². The number of nitrogens with one attached hydrogen (secondary N) is 1. The molecule has 1 amide bonds. The molecule has 1 N–H and O–H groups in total. The lowest BCUT2D eigenvalue weighted by Crippen LogP contribution is -2.21. The van der Waals surface area contributed by atoms with Crippen LogP contribution in [0.4, 0.5) is 0 Å². The quantitative estimate of drug-likeness (QED) is 0.847. The number of carbonyl (C=O) groups excluding carboxylic acids is 1. The molecule has 0 aliphatic heterocycles. The summed E-state index contributed by atoms with van der Waals surface area (Å²) in [7, 11) is 3.53. The number of benzene rings is 1. The summed E-state index contributed by atoms with van der Waals surface area (Å²) in [6.07, 6.45) is 0. The lowest BCUT2D eigenvalue weighted by Gasteiger charge is -2.09. The molecule has 0 unspecified atom stereocenters. The molecule has 1 heterocycles. The molecule has 92 valence electrons. The van der Waals surface area contributed by atoms with E-state index in [0.29, 0.717) is 5.92 Å². The summed E-state index contributed by atoms with van der Waals surface area (Å²) in [5.41, 5.74) is 3.02. The number of hydrogen-bond acceptors (Lipinski definition) is 1. The van der Waals surface area contributed by atoms with Gasteiger partial charge >= 0.3 is 0 Å². The second-order valence-corrected chi connectivity index (χ2v) is 4.88. The van der Waals surface area contributed by atoms with Crippen LogP contribution >= 0.6 is 0 Å². The molecule has 0 spiro atoms. The van der Waals surface area contributed by atoms with Crippen molar-refractivity contribution in [2.45, 2.75) is 19.8 Å². The lowest BCUT2D eigenvalue weighted by molar-refractivity contribution is 0.0828. The van der Waals surface area contributed by atoms with E-state index < -0.39 is 0 Å². The Hall–Kier alpha value is -1.77. The minimum atomic E-state index is 0. The molecule has 0 fully saturated rings. The van der Waals surface area contributed by atoms with Gasteiger partial charge in [0.1, 0.15) is 0 Å². The van der Waals surface area contributed by atoms with Gasteiger partial charge in [0, 0.05) is 37.7 Å². The van der Waals surface area contributed by atoms with Crippen LogP contribution in [0.15, 0.2) is 24.3 Å². The Balaban J connectivity index is 0.00000162. The summed E-state index contributed by atoms with van der Waals surface area (Å²) in [5, 5.41) is 1.10. The van der Waals surface area contributed by atoms with Crippen LogP contribution in [0, 0.1) is 0 Å². The molecule has 1 aromatic heterocycles. The number of amides is 1. The summed E-state index contributed by atoms with van der Waals surface area (Å²) in [5.74, 6) is 0.509. The van der Waals surface area contributed by atoms with Crippen LogP contribution in [-0.4, -0.2) is 29.9 Å². The first-order chi connectivity index (χ1) is 7.99. The topological polar surface area (TPSA) is 36.1 Å². The van der Waals surface area contributed by atoms with Crippen LogP contribution in [0.25, 0.3) is 10.9 Å². The first kappa shape index (κ1) is 11.7. The molecular weight excluding hydrogens is 212 g/mol. The van der Waals surface area contributed by atoms with Gasteiger partial charge in [-0.05, 0) is 30.2 Å². The Morgan fingerprint density at radius 2 is 2.00 bits per heavy atom. The van der Waals surface area contributed by atoms with Crippen LogP contribution in [-0.2, 0) is 0 Å². The van der Waals surface area contributed by atoms with Crippen LogP contribution in [0.1, 0.15) is 37.2 Å². The number of aromatic amines is 1. The maximum Gasteiger partial charge on any atom is 0.253 e. The van der Waals surface area contributed by atoms with E-state index >= 15 is 0 Å². The zero-order valence-corrected chi connectivity index (χ0v) is 10.7. The number of carbonyl (C=O) groups is 1. The van der Waals surface area contributed by atoms with Crippen LogP contribution in [0.3, 0.4) is 0 Å². The van der Waals surface area contributed by atoms with Gasteiger partial charge in [0.15, 0.2) is 0 Å². The van der Waals surface area contributed by atoms with Crippen molar-refractivity contribution in [3.05, 3.63) is 35.5 Å². The van der Waals surface area contributed by atoms with E-state index in [1.54, 1.807) is 19.0 Å². The number of nitrogens with zero attached hydrogens (tertiary/aromatic N) is 1. The third-order valence-corrected chi connectivity index (χ3v) is 2.92. The summed E-state index contributed by atoms with van der Waals surface area (Å²) in [6.45, 7) is 4.30. The minimum absolute atomic E-state index is 0. The second kappa shape index (κ2) is 4.24. The van der Waals surface area contributed by atoms with E-state index in [9.17, 15) is 4.79 Å². The van der Waals surface area contributed by atoms with Gasteiger partial charge in [-0.1, -0.05) is 13.8 Å². The normalized spacial score (nSPS) is 11.1. The minimum Gasteiger partial charge on any atom is -0.358 e. The van der Waals surface area contributed by atoms with Crippen molar-refractivity contribution in [2.24, 2.45) is 0 Å². The number of H-pyrrole nitrogens is 1. The van der Waals surface area contributed by atoms with Crippen molar-refractivity contribution in [3.8, 4) is 0 Å². The predicted octanol–water partition coefficient (Wildman–Crippen LogP) is 3.24. The zero-order valence-electron chi connectivity index (χ0n) is 10.7. The maximum absolute atomic E-state index is 11.8. The van der Waals surface area contributed by atoms with E-state index in [0.717, 1.165) is 16.5 Å². The second-order valence-electron chi connectivity index (χ2n) is 4.88. The molecule has 0 saturated carbocycles. The molecule has 0 saturated heterocycles. The Morgan fingerprint density at radius 1 is 1.29 bits per heavy atom. The van der Waals surface area contributed by atoms with Gasteiger partial charge < -0.3 is 9.88 Å². The highest BCUT2D eigenvalue weighted by Gasteiger charge is 2.10. The lowest BCUT2D eigenvalue weighted by atomic mass is 10.1. The summed E-state index contributed by atoms with van der Waals surface area (Å²) < 4.78 is 0. The fourth-order valence-corrected chi connectivity index (χ4v) is 1.86. The Morgan fingerprint density at radius 3 is 2.59 bits per heavy atom. The summed E-state index contributed by atoms with van der Waals surface area (Å²) >= 11 is 0. The average Bonchev–Trinajstić information content (AvgIpc) is 2.70. The molecule has 2 rings (SSSR count). The largest absolute Gasteiger partial charge is 0.358 e. The molecule has 0 aliphatic rings. The Bertz CT molecular complexity index is 558. The number of rotatable bonds is 2. The first-order valence-electron chi connectivity index (χ1n) is 5.83. The fourth-order valence-electron chi connectivity index (χ4n) is 1.86. The maximum atomic E-state index is 11.8. The molecule has 0 bridgehead atoms. The molecular formula is C14H20N2O. The smallest absolute Gasteiger partial charge is 0.253 e. The average molecular weight is 232 g/mol. The van der Waals surface area contributed by atoms with Crippen molar-refractivity contribution in [1.82, 2.24) is 9.88 Å². The van der Waals surface area contributed by atoms with Crippen molar-refractivity contribution >= 4 is 16.8 Å². The highest BCUT2D eigenvalue weighted by molar-refractivity contribution is 5.98. The number of fused-ring (bicyclic) bond motifs is 1. The SMILES string of the molecule is CC(C)c1cc2cc(C(=O)N(C)C)ccc2[nH]1.[HH]. The predicted molar refractivity (Wildman–Crippen MR) is 72.5 cm³/mol. The third-order valence-electron chi connectivity index (χ3n) is 2.92. The van der Waals surface area contributed by atoms with Gasteiger partial charge in [-0.3, -0.25) is 4.79 Å². The van der Waals surface area contributed by atoms with E-state index in [4.69, 9.17) is 0 Å². The highest BCUT2D eigenvalue weighted by Crippen LogP contribution is 2.22. The van der Waals surface area contributed by atoms with Crippen molar-refractivity contribution < 1.29 is 6.22 Å². The monoisotopic (exact) mass is 232 g/mol. The molecule has 0 atom stereocenters. The molecule has 3 nitrogen and oxygen atoms in total. The van der Waals surface area contributed by atoms with Crippen LogP contribution in [0.5, 0.6) is 0 Å². The van der Waals surface area contributed by atoms with Gasteiger partial charge in [-0.15, -0.1) is 0 Å². The summed E-state index contributed by atoms with van der Waals surface area (Å²) in [6, 6.07) is 7.90. The Kier molecular flexibility index (Phi) is 2.92. The molecule has 0 aliphatic carbocycles. The molecule has 0 radical (unpaired) electrons. The van der Waals surface area contributed by atoms with E-state index in [-0.39, 0.29) is 7.33 Å². The van der Waals surface area contributed by atoms with Crippen molar-refractivity contribution in [3.63, 3.8) is 0 Å². The molecule has 2 aromatic rings. The Labute approximate surface area is 103 Å². The van der Waals surface area contributed by atoms with Crippen molar-refractivity contribution in [1.29, 1.82) is 0 Å². The van der Waals surface area contributed by atoms with Gasteiger partial charge in [0.05, 0.1) is 0 Å².